The minimum atomic E-state index is -0.334. The van der Waals surface area contributed by atoms with E-state index in [1.54, 1.807) is 6.20 Å². The average molecular weight is 232 g/mol. The Morgan fingerprint density at radius 3 is 2.82 bits per heavy atom. The van der Waals surface area contributed by atoms with Crippen LogP contribution in [0.25, 0.3) is 0 Å². The first kappa shape index (κ1) is 11.5. The number of ketones is 1. The molecule has 17 heavy (non-hydrogen) atoms. The quantitative estimate of drug-likeness (QED) is 0.761. The summed E-state index contributed by atoms with van der Waals surface area (Å²) in [5.74, 6) is 0.409. The Bertz CT molecular complexity index is 560. The fourth-order valence-electron chi connectivity index (χ4n) is 1.79. The lowest BCUT2D eigenvalue weighted by molar-refractivity contribution is 0.101. The summed E-state index contributed by atoms with van der Waals surface area (Å²) in [4.78, 5) is 15.6. The number of hydrogen-bond donors (Lipinski definition) is 0. The molecule has 0 aliphatic rings. The second-order valence-corrected chi connectivity index (χ2v) is 3.99. The molecule has 0 aliphatic heterocycles. The molecule has 1 aromatic carbocycles. The van der Waals surface area contributed by atoms with Gasteiger partial charge in [-0.3, -0.25) is 4.79 Å². The molecule has 0 radical (unpaired) electrons. The monoisotopic (exact) mass is 232 g/mol. The summed E-state index contributed by atoms with van der Waals surface area (Å²) in [6, 6.07) is 4.22. The fraction of sp³-hybridized carbons (Fsp3) is 0.231. The van der Waals surface area contributed by atoms with E-state index in [9.17, 15) is 9.18 Å². The number of imidazole rings is 1. The summed E-state index contributed by atoms with van der Waals surface area (Å²) in [6.45, 7) is 1.48. The molecule has 0 saturated heterocycles. The first-order valence-corrected chi connectivity index (χ1v) is 5.33. The zero-order chi connectivity index (χ0) is 12.4. The summed E-state index contributed by atoms with van der Waals surface area (Å²) in [5, 5.41) is 0. The normalized spacial score (nSPS) is 10.5. The molecule has 1 heterocycles. The van der Waals surface area contributed by atoms with Crippen molar-refractivity contribution in [1.29, 1.82) is 0 Å². The van der Waals surface area contributed by atoms with Crippen LogP contribution in [0.4, 0.5) is 4.39 Å². The van der Waals surface area contributed by atoms with E-state index in [-0.39, 0.29) is 11.6 Å². The van der Waals surface area contributed by atoms with Crippen molar-refractivity contribution in [2.24, 2.45) is 7.05 Å². The Labute approximate surface area is 98.9 Å². The topological polar surface area (TPSA) is 34.9 Å². The van der Waals surface area contributed by atoms with Crippen LogP contribution in [0, 0.1) is 5.82 Å². The molecule has 0 amide bonds. The predicted octanol–water partition coefficient (Wildman–Crippen LogP) is 2.35. The maximum Gasteiger partial charge on any atom is 0.160 e. The number of halogens is 1. The van der Waals surface area contributed by atoms with Gasteiger partial charge in [-0.2, -0.15) is 0 Å². The average Bonchev–Trinajstić information content (AvgIpc) is 2.64. The van der Waals surface area contributed by atoms with Gasteiger partial charge in [-0.25, -0.2) is 9.37 Å². The van der Waals surface area contributed by atoms with Crippen LogP contribution < -0.4 is 0 Å². The summed E-state index contributed by atoms with van der Waals surface area (Å²) in [7, 11) is 1.87. The minimum absolute atomic E-state index is 0.0609. The Kier molecular flexibility index (Phi) is 3.04. The number of Topliss-reactive ketones (excluding diaryl/α,β-unsaturated/α-hetero) is 1. The van der Waals surface area contributed by atoms with Gasteiger partial charge in [-0.15, -0.1) is 0 Å². The van der Waals surface area contributed by atoms with Crippen LogP contribution in [0.3, 0.4) is 0 Å². The third-order valence-electron chi connectivity index (χ3n) is 2.72. The summed E-state index contributed by atoms with van der Waals surface area (Å²) >= 11 is 0. The number of aromatic nitrogens is 2. The van der Waals surface area contributed by atoms with E-state index in [4.69, 9.17) is 0 Å². The van der Waals surface area contributed by atoms with Gasteiger partial charge in [-0.05, 0) is 30.7 Å². The van der Waals surface area contributed by atoms with Gasteiger partial charge in [0.2, 0.25) is 0 Å². The minimum Gasteiger partial charge on any atom is -0.338 e. The van der Waals surface area contributed by atoms with Crippen LogP contribution in [-0.2, 0) is 13.5 Å². The predicted molar refractivity (Wildman–Crippen MR) is 62.4 cm³/mol. The van der Waals surface area contributed by atoms with Crippen LogP contribution in [0.15, 0.2) is 30.6 Å². The molecular weight excluding hydrogens is 219 g/mol. The third-order valence-corrected chi connectivity index (χ3v) is 2.72. The number of carbonyl (C=O) groups excluding carboxylic acids is 1. The summed E-state index contributed by atoms with van der Waals surface area (Å²) in [6.07, 6.45) is 3.96. The standard InChI is InChI=1S/C13H13FN2O/c1-9(17)12-4-3-11(14)7-10(12)8-13-15-5-6-16(13)2/h3-7H,8H2,1-2H3. The van der Waals surface area contributed by atoms with E-state index < -0.39 is 0 Å². The lowest BCUT2D eigenvalue weighted by atomic mass is 10.0. The first-order valence-electron chi connectivity index (χ1n) is 5.33. The highest BCUT2D eigenvalue weighted by Crippen LogP contribution is 2.15. The molecule has 0 atom stereocenters. The molecule has 0 unspecified atom stereocenters. The third kappa shape index (κ3) is 2.41. The molecule has 0 N–H and O–H groups in total. The SMILES string of the molecule is CC(=O)c1ccc(F)cc1Cc1nccn1C. The molecule has 2 rings (SSSR count). The molecule has 0 spiro atoms. The first-order chi connectivity index (χ1) is 8.08. The van der Waals surface area contributed by atoms with E-state index in [0.29, 0.717) is 17.5 Å². The number of rotatable bonds is 3. The zero-order valence-corrected chi connectivity index (χ0v) is 9.77. The van der Waals surface area contributed by atoms with Gasteiger partial charge in [0, 0.05) is 31.4 Å². The molecule has 0 aliphatic carbocycles. The summed E-state index contributed by atoms with van der Waals surface area (Å²) in [5.41, 5.74) is 1.22. The molecule has 0 saturated carbocycles. The van der Waals surface area contributed by atoms with E-state index in [0.717, 1.165) is 5.82 Å². The van der Waals surface area contributed by atoms with E-state index >= 15 is 0 Å². The smallest absolute Gasteiger partial charge is 0.160 e. The van der Waals surface area contributed by atoms with Crippen molar-refractivity contribution in [3.63, 3.8) is 0 Å². The highest BCUT2D eigenvalue weighted by atomic mass is 19.1. The number of benzene rings is 1. The van der Waals surface area contributed by atoms with Crippen molar-refractivity contribution in [1.82, 2.24) is 9.55 Å². The van der Waals surface area contributed by atoms with E-state index in [1.807, 2.05) is 17.8 Å². The number of nitrogens with zero attached hydrogens (tertiary/aromatic N) is 2. The lowest BCUT2D eigenvalue weighted by Crippen LogP contribution is -2.05. The number of carbonyl (C=O) groups is 1. The van der Waals surface area contributed by atoms with Crippen molar-refractivity contribution in [2.75, 3.05) is 0 Å². The molecular formula is C13H13FN2O. The Hall–Kier alpha value is -1.97. The van der Waals surface area contributed by atoms with E-state index in [1.165, 1.54) is 25.1 Å². The van der Waals surface area contributed by atoms with Crippen molar-refractivity contribution < 1.29 is 9.18 Å². The van der Waals surface area contributed by atoms with Crippen molar-refractivity contribution in [3.8, 4) is 0 Å². The molecule has 88 valence electrons. The Balaban J connectivity index is 2.41. The van der Waals surface area contributed by atoms with Gasteiger partial charge in [0.25, 0.3) is 0 Å². The van der Waals surface area contributed by atoms with Crippen molar-refractivity contribution in [2.45, 2.75) is 13.3 Å². The van der Waals surface area contributed by atoms with Gasteiger partial charge in [-0.1, -0.05) is 0 Å². The molecule has 2 aromatic rings. The number of hydrogen-bond acceptors (Lipinski definition) is 2. The van der Waals surface area contributed by atoms with Gasteiger partial charge in [0.1, 0.15) is 11.6 Å². The highest BCUT2D eigenvalue weighted by Gasteiger charge is 2.11. The van der Waals surface area contributed by atoms with Gasteiger partial charge in [0.15, 0.2) is 5.78 Å². The Morgan fingerprint density at radius 2 is 2.24 bits per heavy atom. The van der Waals surface area contributed by atoms with Crippen LogP contribution in [0.1, 0.15) is 28.7 Å². The molecule has 0 bridgehead atoms. The highest BCUT2D eigenvalue weighted by molar-refractivity contribution is 5.95. The maximum absolute atomic E-state index is 13.2. The van der Waals surface area contributed by atoms with Crippen LogP contribution in [-0.4, -0.2) is 15.3 Å². The van der Waals surface area contributed by atoms with Crippen LogP contribution in [0.2, 0.25) is 0 Å². The van der Waals surface area contributed by atoms with Crippen molar-refractivity contribution >= 4 is 5.78 Å². The lowest BCUT2D eigenvalue weighted by Gasteiger charge is -2.07. The molecule has 3 nitrogen and oxygen atoms in total. The molecule has 1 aromatic heterocycles. The summed E-state index contributed by atoms with van der Waals surface area (Å²) < 4.78 is 15.1. The van der Waals surface area contributed by atoms with Crippen LogP contribution in [0.5, 0.6) is 0 Å². The van der Waals surface area contributed by atoms with Crippen molar-refractivity contribution in [3.05, 3.63) is 53.4 Å². The van der Waals surface area contributed by atoms with Gasteiger partial charge < -0.3 is 4.57 Å². The largest absolute Gasteiger partial charge is 0.338 e. The van der Waals surface area contributed by atoms with Gasteiger partial charge >= 0.3 is 0 Å². The second-order valence-electron chi connectivity index (χ2n) is 3.99. The molecule has 0 fully saturated rings. The Morgan fingerprint density at radius 1 is 1.47 bits per heavy atom. The fourth-order valence-corrected chi connectivity index (χ4v) is 1.79. The van der Waals surface area contributed by atoms with Crippen LogP contribution >= 0.6 is 0 Å². The zero-order valence-electron chi connectivity index (χ0n) is 9.77. The maximum atomic E-state index is 13.2. The molecule has 4 heteroatoms. The van der Waals surface area contributed by atoms with Gasteiger partial charge in [0.05, 0.1) is 0 Å². The number of aryl methyl sites for hydroxylation is 1. The van der Waals surface area contributed by atoms with E-state index in [2.05, 4.69) is 4.98 Å². The second kappa shape index (κ2) is 4.49.